The van der Waals surface area contributed by atoms with Crippen molar-refractivity contribution in [3.8, 4) is 0 Å². The van der Waals surface area contributed by atoms with Crippen molar-refractivity contribution in [2.45, 2.75) is 44.6 Å². The number of aliphatic hydroxyl groups excluding tert-OH is 1. The van der Waals surface area contributed by atoms with Crippen LogP contribution in [0.5, 0.6) is 0 Å². The fourth-order valence-electron chi connectivity index (χ4n) is 4.61. The molecule has 2 aliphatic rings. The van der Waals surface area contributed by atoms with Gasteiger partial charge in [-0.2, -0.15) is 0 Å². The van der Waals surface area contributed by atoms with Gasteiger partial charge < -0.3 is 14.6 Å². The SMILES string of the molecule is Cn1ccnc1C(O)C1CCN(c2ncnc3sc4c(c23)CCCC4)CC1. The van der Waals surface area contributed by atoms with Crippen molar-refractivity contribution in [1.29, 1.82) is 0 Å². The van der Waals surface area contributed by atoms with Gasteiger partial charge in [-0.1, -0.05) is 0 Å². The molecule has 1 unspecified atom stereocenters. The number of aryl methyl sites for hydroxylation is 3. The van der Waals surface area contributed by atoms with Crippen LogP contribution >= 0.6 is 11.3 Å². The van der Waals surface area contributed by atoms with Gasteiger partial charge >= 0.3 is 0 Å². The van der Waals surface area contributed by atoms with Crippen LogP contribution in [0.4, 0.5) is 5.82 Å². The quantitative estimate of drug-likeness (QED) is 0.752. The van der Waals surface area contributed by atoms with Crippen LogP contribution in [0.2, 0.25) is 0 Å². The fourth-order valence-corrected chi connectivity index (χ4v) is 5.84. The highest BCUT2D eigenvalue weighted by Crippen LogP contribution is 2.40. The molecule has 0 bridgehead atoms. The fraction of sp³-hybridized carbons (Fsp3) is 0.550. The van der Waals surface area contributed by atoms with Crippen LogP contribution in [0.15, 0.2) is 18.7 Å². The molecule has 6 nitrogen and oxygen atoms in total. The molecule has 142 valence electrons. The first kappa shape index (κ1) is 17.1. The minimum atomic E-state index is -0.494. The number of nitrogens with zero attached hydrogens (tertiary/aromatic N) is 5. The van der Waals surface area contributed by atoms with Crippen molar-refractivity contribution in [3.05, 3.63) is 35.0 Å². The van der Waals surface area contributed by atoms with Gasteiger partial charge in [0.05, 0.1) is 5.39 Å². The van der Waals surface area contributed by atoms with Crippen LogP contribution in [0.3, 0.4) is 0 Å². The molecule has 1 fully saturated rings. The van der Waals surface area contributed by atoms with Gasteiger partial charge in [-0.05, 0) is 50.0 Å². The molecule has 0 amide bonds. The highest BCUT2D eigenvalue weighted by atomic mass is 32.1. The van der Waals surface area contributed by atoms with Gasteiger partial charge in [-0.3, -0.25) is 0 Å². The molecule has 3 aromatic heterocycles. The second-order valence-corrected chi connectivity index (χ2v) is 8.84. The van der Waals surface area contributed by atoms with Crippen LogP contribution < -0.4 is 4.90 Å². The first-order chi connectivity index (χ1) is 13.2. The van der Waals surface area contributed by atoms with Gasteiger partial charge in [0.25, 0.3) is 0 Å². The minimum Gasteiger partial charge on any atom is -0.385 e. The summed E-state index contributed by atoms with van der Waals surface area (Å²) in [6.45, 7) is 1.84. The number of piperidine rings is 1. The van der Waals surface area contributed by atoms with Crippen molar-refractivity contribution in [3.63, 3.8) is 0 Å². The topological polar surface area (TPSA) is 67.1 Å². The molecule has 0 saturated carbocycles. The summed E-state index contributed by atoms with van der Waals surface area (Å²) in [6.07, 6.45) is 11.7. The van der Waals surface area contributed by atoms with Gasteiger partial charge in [0, 0.05) is 37.4 Å². The van der Waals surface area contributed by atoms with E-state index >= 15 is 0 Å². The van der Waals surface area contributed by atoms with E-state index in [9.17, 15) is 5.11 Å². The Morgan fingerprint density at radius 1 is 1.15 bits per heavy atom. The van der Waals surface area contributed by atoms with Gasteiger partial charge in [-0.15, -0.1) is 11.3 Å². The third kappa shape index (κ3) is 2.93. The van der Waals surface area contributed by atoms with Crippen molar-refractivity contribution in [1.82, 2.24) is 19.5 Å². The van der Waals surface area contributed by atoms with E-state index in [4.69, 9.17) is 0 Å². The Kier molecular flexibility index (Phi) is 4.36. The molecule has 0 radical (unpaired) electrons. The number of rotatable bonds is 3. The number of aromatic nitrogens is 4. The molecule has 27 heavy (non-hydrogen) atoms. The first-order valence-electron chi connectivity index (χ1n) is 9.88. The Hall–Kier alpha value is -1.99. The lowest BCUT2D eigenvalue weighted by molar-refractivity contribution is 0.0824. The summed E-state index contributed by atoms with van der Waals surface area (Å²) in [5, 5.41) is 12.0. The number of thiophene rings is 1. The Morgan fingerprint density at radius 2 is 1.96 bits per heavy atom. The highest BCUT2D eigenvalue weighted by Gasteiger charge is 2.30. The molecular formula is C20H25N5OS. The number of aliphatic hydroxyl groups is 1. The second-order valence-electron chi connectivity index (χ2n) is 7.75. The average Bonchev–Trinajstić information content (AvgIpc) is 3.30. The van der Waals surface area contributed by atoms with Crippen molar-refractivity contribution >= 4 is 27.4 Å². The minimum absolute atomic E-state index is 0.246. The monoisotopic (exact) mass is 383 g/mol. The molecule has 0 aromatic carbocycles. The Balaban J connectivity index is 1.38. The lowest BCUT2D eigenvalue weighted by atomic mass is 9.90. The van der Waals surface area contributed by atoms with E-state index in [1.807, 2.05) is 29.1 Å². The van der Waals surface area contributed by atoms with E-state index < -0.39 is 6.10 Å². The van der Waals surface area contributed by atoms with Crippen LogP contribution in [0.1, 0.15) is 48.1 Å². The zero-order valence-corrected chi connectivity index (χ0v) is 16.5. The first-order valence-corrected chi connectivity index (χ1v) is 10.7. The van der Waals surface area contributed by atoms with E-state index in [2.05, 4.69) is 19.9 Å². The van der Waals surface area contributed by atoms with E-state index in [0.29, 0.717) is 0 Å². The largest absolute Gasteiger partial charge is 0.385 e. The number of hydrogen-bond acceptors (Lipinski definition) is 6. The predicted molar refractivity (Wildman–Crippen MR) is 107 cm³/mol. The van der Waals surface area contributed by atoms with Crippen LogP contribution in [0.25, 0.3) is 10.2 Å². The molecule has 1 saturated heterocycles. The second kappa shape index (κ2) is 6.87. The smallest absolute Gasteiger partial charge is 0.141 e. The summed E-state index contributed by atoms with van der Waals surface area (Å²) in [6, 6.07) is 0. The predicted octanol–water partition coefficient (Wildman–Crippen LogP) is 3.25. The Morgan fingerprint density at radius 3 is 2.74 bits per heavy atom. The summed E-state index contributed by atoms with van der Waals surface area (Å²) in [5.41, 5.74) is 1.49. The number of fused-ring (bicyclic) bond motifs is 3. The lowest BCUT2D eigenvalue weighted by Gasteiger charge is -2.35. The molecule has 4 heterocycles. The van der Waals surface area contributed by atoms with Gasteiger partial charge in [0.15, 0.2) is 0 Å². The van der Waals surface area contributed by atoms with Crippen molar-refractivity contribution < 1.29 is 5.11 Å². The summed E-state index contributed by atoms with van der Waals surface area (Å²) < 4.78 is 1.92. The van der Waals surface area contributed by atoms with E-state index in [0.717, 1.165) is 48.8 Å². The average molecular weight is 384 g/mol. The van der Waals surface area contributed by atoms with Gasteiger partial charge in [-0.25, -0.2) is 15.0 Å². The van der Waals surface area contributed by atoms with E-state index in [1.54, 1.807) is 12.5 Å². The van der Waals surface area contributed by atoms with Crippen LogP contribution in [0, 0.1) is 5.92 Å². The molecule has 1 N–H and O–H groups in total. The van der Waals surface area contributed by atoms with E-state index in [-0.39, 0.29) is 5.92 Å². The van der Waals surface area contributed by atoms with Crippen molar-refractivity contribution in [2.24, 2.45) is 13.0 Å². The summed E-state index contributed by atoms with van der Waals surface area (Å²) in [5.74, 6) is 2.12. The maximum Gasteiger partial charge on any atom is 0.141 e. The Bertz CT molecular complexity index is 957. The third-order valence-corrected chi connectivity index (χ3v) is 7.34. The maximum absolute atomic E-state index is 10.7. The zero-order chi connectivity index (χ0) is 18.4. The highest BCUT2D eigenvalue weighted by molar-refractivity contribution is 7.19. The van der Waals surface area contributed by atoms with Gasteiger partial charge in [0.2, 0.25) is 0 Å². The molecule has 1 atom stereocenters. The summed E-state index contributed by atoms with van der Waals surface area (Å²) in [4.78, 5) is 18.6. The van der Waals surface area contributed by atoms with Crippen LogP contribution in [-0.2, 0) is 19.9 Å². The molecule has 7 heteroatoms. The summed E-state index contributed by atoms with van der Waals surface area (Å²) >= 11 is 1.85. The summed E-state index contributed by atoms with van der Waals surface area (Å²) in [7, 11) is 1.94. The molecular weight excluding hydrogens is 358 g/mol. The standard InChI is InChI=1S/C20H25N5OS/c1-24-11-8-21-19(24)17(26)13-6-9-25(10-7-13)18-16-14-4-2-3-5-15(14)27-20(16)23-12-22-18/h8,11-13,17,26H,2-7,9-10H2,1H3. The molecule has 5 rings (SSSR count). The molecule has 0 spiro atoms. The molecule has 1 aliphatic carbocycles. The lowest BCUT2D eigenvalue weighted by Crippen LogP contribution is -2.36. The number of imidazole rings is 1. The van der Waals surface area contributed by atoms with Crippen molar-refractivity contribution in [2.75, 3.05) is 18.0 Å². The third-order valence-electron chi connectivity index (χ3n) is 6.14. The van der Waals surface area contributed by atoms with Crippen LogP contribution in [-0.4, -0.2) is 37.7 Å². The van der Waals surface area contributed by atoms with Gasteiger partial charge in [0.1, 0.15) is 28.9 Å². The Labute approximate surface area is 162 Å². The molecule has 1 aliphatic heterocycles. The molecule has 3 aromatic rings. The van der Waals surface area contributed by atoms with E-state index in [1.165, 1.54) is 35.1 Å². The number of anilines is 1. The normalized spacial score (nSPS) is 19.4. The zero-order valence-electron chi connectivity index (χ0n) is 15.6. The number of hydrogen-bond donors (Lipinski definition) is 1. The maximum atomic E-state index is 10.7.